The first-order valence-corrected chi connectivity index (χ1v) is 9.50. The number of carbonyl (C=O) groups is 1. The Hall–Kier alpha value is -3.99. The Morgan fingerprint density at radius 3 is 2.47 bits per heavy atom. The van der Waals surface area contributed by atoms with Crippen LogP contribution in [-0.2, 0) is 0 Å². The van der Waals surface area contributed by atoms with E-state index in [0.29, 0.717) is 21.9 Å². The molecule has 146 valence electrons. The van der Waals surface area contributed by atoms with Crippen molar-refractivity contribution in [1.82, 2.24) is 4.98 Å². The molecule has 0 N–H and O–H groups in total. The van der Waals surface area contributed by atoms with Crippen LogP contribution in [0.4, 0.5) is 0 Å². The lowest BCUT2D eigenvalue weighted by Gasteiger charge is -2.12. The molecule has 0 aliphatic rings. The maximum absolute atomic E-state index is 13.2. The predicted molar refractivity (Wildman–Crippen MR) is 115 cm³/mol. The number of hydrogen-bond acceptors (Lipinski definition) is 5. The van der Waals surface area contributed by atoms with Gasteiger partial charge < -0.3 is 14.3 Å². The molecule has 30 heavy (non-hydrogen) atoms. The van der Waals surface area contributed by atoms with Gasteiger partial charge in [0.15, 0.2) is 0 Å². The summed E-state index contributed by atoms with van der Waals surface area (Å²) in [6.45, 7) is 3.78. The van der Waals surface area contributed by atoms with E-state index in [2.05, 4.69) is 4.98 Å². The second-order valence-electron chi connectivity index (χ2n) is 7.49. The molecule has 0 aliphatic heterocycles. The first kappa shape index (κ1) is 18.1. The third-order valence-corrected chi connectivity index (χ3v) is 5.39. The van der Waals surface area contributed by atoms with Crippen LogP contribution in [0.15, 0.2) is 70.1 Å². The fourth-order valence-corrected chi connectivity index (χ4v) is 4.02. The number of rotatable bonds is 2. The number of benzene rings is 3. The third kappa shape index (κ3) is 2.75. The average molecular weight is 394 g/mol. The second kappa shape index (κ2) is 6.52. The largest absolute Gasteiger partial charge is 0.545 e. The monoisotopic (exact) mass is 394 g/mol. The molecular weight excluding hydrogens is 378 g/mol. The standard InChI is InChI=1S/C25H17NO4/c1-13-7-14(2)23-22(8-13)30-12-19(24(23)27)21-11-18(25(28)29)17-9-15-5-3-4-6-16(15)10-20(17)26-21/h3-12H,1-2H3,(H,28,29)/p-1. The summed E-state index contributed by atoms with van der Waals surface area (Å²) in [6, 6.07) is 16.3. The van der Waals surface area contributed by atoms with Crippen molar-refractivity contribution < 1.29 is 14.3 Å². The smallest absolute Gasteiger partial charge is 0.202 e. The van der Waals surface area contributed by atoms with Crippen molar-refractivity contribution in [2.75, 3.05) is 0 Å². The highest BCUT2D eigenvalue weighted by atomic mass is 16.4. The highest BCUT2D eigenvalue weighted by Crippen LogP contribution is 2.29. The normalized spacial score (nSPS) is 11.4. The van der Waals surface area contributed by atoms with Gasteiger partial charge in [0.1, 0.15) is 11.8 Å². The Morgan fingerprint density at radius 2 is 1.73 bits per heavy atom. The summed E-state index contributed by atoms with van der Waals surface area (Å²) >= 11 is 0. The number of carbonyl (C=O) groups excluding carboxylic acids is 1. The SMILES string of the molecule is Cc1cc(C)c2c(=O)c(-c3cc(C(=O)[O-])c4cc5ccccc5cc4n3)coc2c1. The molecule has 0 aliphatic carbocycles. The fraction of sp³-hybridized carbons (Fsp3) is 0.0800. The van der Waals surface area contributed by atoms with E-state index in [1.165, 1.54) is 12.3 Å². The second-order valence-corrected chi connectivity index (χ2v) is 7.49. The average Bonchev–Trinajstić information content (AvgIpc) is 2.71. The van der Waals surface area contributed by atoms with Gasteiger partial charge in [0.05, 0.1) is 28.1 Å². The van der Waals surface area contributed by atoms with Gasteiger partial charge in [0, 0.05) is 10.9 Å². The van der Waals surface area contributed by atoms with Crippen LogP contribution in [0.25, 0.3) is 43.9 Å². The van der Waals surface area contributed by atoms with Gasteiger partial charge in [-0.3, -0.25) is 4.79 Å². The van der Waals surface area contributed by atoms with E-state index in [1.54, 1.807) is 12.1 Å². The van der Waals surface area contributed by atoms with Gasteiger partial charge in [0.2, 0.25) is 5.43 Å². The highest BCUT2D eigenvalue weighted by molar-refractivity contribution is 6.07. The zero-order valence-corrected chi connectivity index (χ0v) is 16.4. The summed E-state index contributed by atoms with van der Waals surface area (Å²) in [4.78, 5) is 29.7. The van der Waals surface area contributed by atoms with Crippen LogP contribution in [0.1, 0.15) is 21.5 Å². The summed E-state index contributed by atoms with van der Waals surface area (Å²) in [5, 5.41) is 14.6. The Morgan fingerprint density at radius 1 is 1.00 bits per heavy atom. The van der Waals surface area contributed by atoms with E-state index in [-0.39, 0.29) is 22.2 Å². The van der Waals surface area contributed by atoms with Crippen LogP contribution in [0.3, 0.4) is 0 Å². The van der Waals surface area contributed by atoms with Crippen molar-refractivity contribution >= 4 is 38.6 Å². The van der Waals surface area contributed by atoms with E-state index < -0.39 is 5.97 Å². The summed E-state index contributed by atoms with van der Waals surface area (Å²) < 4.78 is 5.72. The van der Waals surface area contributed by atoms with Gasteiger partial charge in [0.25, 0.3) is 0 Å². The molecule has 5 heteroatoms. The van der Waals surface area contributed by atoms with E-state index in [9.17, 15) is 14.7 Å². The first-order valence-electron chi connectivity index (χ1n) is 9.50. The molecule has 0 bridgehead atoms. The van der Waals surface area contributed by atoms with Crippen molar-refractivity contribution in [3.05, 3.63) is 87.8 Å². The van der Waals surface area contributed by atoms with Crippen molar-refractivity contribution in [3.8, 4) is 11.3 Å². The number of carboxylic acid groups (broad SMARTS) is 1. The Balaban J connectivity index is 1.85. The molecule has 5 aromatic rings. The predicted octanol–water partition coefficient (Wildman–Crippen LogP) is 4.14. The van der Waals surface area contributed by atoms with Gasteiger partial charge in [-0.2, -0.15) is 0 Å². The topological polar surface area (TPSA) is 83.2 Å². The summed E-state index contributed by atoms with van der Waals surface area (Å²) in [6.07, 6.45) is 1.35. The summed E-state index contributed by atoms with van der Waals surface area (Å²) in [5.74, 6) is -1.32. The van der Waals surface area contributed by atoms with E-state index in [0.717, 1.165) is 21.9 Å². The van der Waals surface area contributed by atoms with Crippen LogP contribution in [0, 0.1) is 13.8 Å². The lowest BCUT2D eigenvalue weighted by atomic mass is 10.00. The number of aromatic nitrogens is 1. The Labute approximate surface area is 171 Å². The maximum Gasteiger partial charge on any atom is 0.202 e. The van der Waals surface area contributed by atoms with Gasteiger partial charge in [-0.15, -0.1) is 0 Å². The molecule has 0 saturated carbocycles. The Kier molecular flexibility index (Phi) is 3.93. The van der Waals surface area contributed by atoms with Crippen molar-refractivity contribution in [2.45, 2.75) is 13.8 Å². The van der Waals surface area contributed by atoms with Crippen molar-refractivity contribution in [1.29, 1.82) is 0 Å². The van der Waals surface area contributed by atoms with Crippen LogP contribution in [0.5, 0.6) is 0 Å². The molecule has 0 atom stereocenters. The van der Waals surface area contributed by atoms with Gasteiger partial charge >= 0.3 is 0 Å². The number of aromatic carboxylic acids is 1. The zero-order chi connectivity index (χ0) is 21.0. The molecule has 0 saturated heterocycles. The van der Waals surface area contributed by atoms with Gasteiger partial charge in [-0.25, -0.2) is 4.98 Å². The maximum atomic E-state index is 13.2. The van der Waals surface area contributed by atoms with E-state index in [4.69, 9.17) is 4.42 Å². The molecule has 0 amide bonds. The minimum absolute atomic E-state index is 0.0131. The molecule has 0 spiro atoms. The van der Waals surface area contributed by atoms with Crippen LogP contribution in [-0.4, -0.2) is 11.0 Å². The molecular formula is C25H16NO4-. The molecule has 5 rings (SSSR count). The van der Waals surface area contributed by atoms with E-state index >= 15 is 0 Å². The van der Waals surface area contributed by atoms with Crippen LogP contribution >= 0.6 is 0 Å². The number of aryl methyl sites for hydroxylation is 2. The summed E-state index contributed by atoms with van der Waals surface area (Å²) in [7, 11) is 0. The number of fused-ring (bicyclic) bond motifs is 3. The number of hydrogen-bond donors (Lipinski definition) is 0. The molecule has 0 radical (unpaired) electrons. The van der Waals surface area contributed by atoms with Gasteiger partial charge in [-0.05, 0) is 60.0 Å². The number of carboxylic acids is 1. The minimum Gasteiger partial charge on any atom is -0.545 e. The van der Waals surface area contributed by atoms with Crippen LogP contribution < -0.4 is 10.5 Å². The number of nitrogens with zero attached hydrogens (tertiary/aromatic N) is 1. The molecule has 2 aromatic heterocycles. The molecule has 0 unspecified atom stereocenters. The summed E-state index contributed by atoms with van der Waals surface area (Å²) in [5.41, 5.74) is 2.96. The van der Waals surface area contributed by atoms with Crippen molar-refractivity contribution in [2.24, 2.45) is 0 Å². The quantitative estimate of drug-likeness (QED) is 0.420. The molecule has 3 aromatic carbocycles. The number of pyridine rings is 1. The molecule has 5 nitrogen and oxygen atoms in total. The lowest BCUT2D eigenvalue weighted by Crippen LogP contribution is -2.23. The fourth-order valence-electron chi connectivity index (χ4n) is 4.02. The van der Waals surface area contributed by atoms with E-state index in [1.807, 2.05) is 50.2 Å². The third-order valence-electron chi connectivity index (χ3n) is 5.39. The molecule has 2 heterocycles. The highest BCUT2D eigenvalue weighted by Gasteiger charge is 2.16. The van der Waals surface area contributed by atoms with Crippen LogP contribution in [0.2, 0.25) is 0 Å². The minimum atomic E-state index is -1.32. The molecule has 0 fully saturated rings. The first-order chi connectivity index (χ1) is 14.4. The van der Waals surface area contributed by atoms with Crippen molar-refractivity contribution in [3.63, 3.8) is 0 Å². The van der Waals surface area contributed by atoms with Gasteiger partial charge in [-0.1, -0.05) is 30.3 Å². The lowest BCUT2D eigenvalue weighted by molar-refractivity contribution is -0.254. The zero-order valence-electron chi connectivity index (χ0n) is 16.4. The Bertz CT molecular complexity index is 1560.